The summed E-state index contributed by atoms with van der Waals surface area (Å²) in [5, 5.41) is 11.5. The van der Waals surface area contributed by atoms with Gasteiger partial charge < -0.3 is 76.2 Å². The Kier molecular flexibility index (Phi) is 11.5. The summed E-state index contributed by atoms with van der Waals surface area (Å²) in [5.41, 5.74) is 0. The van der Waals surface area contributed by atoms with Crippen molar-refractivity contribution in [2.45, 2.75) is 186 Å². The molecule has 53 heavy (non-hydrogen) atoms. The normalized spacial score (nSPS) is 57.4. The molecule has 0 saturated carbocycles. The molecule has 16 heteroatoms. The lowest BCUT2D eigenvalue weighted by Crippen LogP contribution is -2.69. The Labute approximate surface area is 311 Å². The van der Waals surface area contributed by atoms with E-state index in [0.717, 1.165) is 0 Å². The standard InChI is InChI=1S/C37H60O16/c1-15-10-28(50-30-17(3)32-24(43-19(30)5)11-39-21(7)45-32)49-27-14-42-23(9)52-37(15,27)53-36-34(18(4)33-26(48-36)13-41-22(8)46-33)51-35-29(38)16(2)31-25(47-35)12-40-20(6)44-31/h15-36,38H,10-14H2,1-9H3. The summed E-state index contributed by atoms with van der Waals surface area (Å²) in [5.74, 6) is -2.05. The molecule has 16 nitrogen and oxygen atoms in total. The molecule has 0 spiro atoms. The van der Waals surface area contributed by atoms with Crippen LogP contribution < -0.4 is 0 Å². The van der Waals surface area contributed by atoms with E-state index in [0.29, 0.717) is 26.2 Å². The average molecular weight is 761 g/mol. The fourth-order valence-electron chi connectivity index (χ4n) is 9.52. The van der Waals surface area contributed by atoms with Crippen molar-refractivity contribution in [1.29, 1.82) is 0 Å². The van der Waals surface area contributed by atoms with Crippen LogP contribution in [0.4, 0.5) is 0 Å². The van der Waals surface area contributed by atoms with Gasteiger partial charge in [0.2, 0.25) is 5.79 Å². The molecule has 304 valence electrons. The van der Waals surface area contributed by atoms with Crippen LogP contribution in [-0.4, -0.2) is 148 Å². The minimum absolute atomic E-state index is 0.0342. The first kappa shape index (κ1) is 39.2. The number of ether oxygens (including phenoxy) is 15. The quantitative estimate of drug-likeness (QED) is 0.420. The molecule has 8 fully saturated rings. The molecular formula is C37H60O16. The van der Waals surface area contributed by atoms with Crippen molar-refractivity contribution in [2.75, 3.05) is 26.4 Å². The maximum atomic E-state index is 11.5. The predicted octanol–water partition coefficient (Wildman–Crippen LogP) is 2.40. The maximum Gasteiger partial charge on any atom is 0.205 e. The minimum Gasteiger partial charge on any atom is -0.387 e. The zero-order valence-corrected chi connectivity index (χ0v) is 32.3. The molecule has 0 aromatic rings. The van der Waals surface area contributed by atoms with Crippen molar-refractivity contribution < 1.29 is 76.2 Å². The lowest BCUT2D eigenvalue weighted by molar-refractivity contribution is -0.481. The molecule has 23 atom stereocenters. The molecule has 0 amide bonds. The number of hydrogen-bond donors (Lipinski definition) is 1. The Morgan fingerprint density at radius 2 is 1.06 bits per heavy atom. The second kappa shape index (κ2) is 15.6. The second-order valence-electron chi connectivity index (χ2n) is 16.3. The highest BCUT2D eigenvalue weighted by Crippen LogP contribution is 2.47. The van der Waals surface area contributed by atoms with Crippen molar-refractivity contribution in [3.05, 3.63) is 0 Å². The number of aliphatic hydroxyl groups is 1. The lowest BCUT2D eigenvalue weighted by Gasteiger charge is -2.57. The molecule has 0 radical (unpaired) electrons. The van der Waals surface area contributed by atoms with E-state index < -0.39 is 67.8 Å². The van der Waals surface area contributed by atoms with Crippen molar-refractivity contribution in [3.8, 4) is 0 Å². The summed E-state index contributed by atoms with van der Waals surface area (Å²) in [7, 11) is 0. The third kappa shape index (κ3) is 7.48. The Hall–Kier alpha value is -0.640. The van der Waals surface area contributed by atoms with Crippen LogP contribution in [0, 0.1) is 23.7 Å². The predicted molar refractivity (Wildman–Crippen MR) is 179 cm³/mol. The maximum absolute atomic E-state index is 11.5. The molecule has 8 rings (SSSR count). The number of aliphatic hydroxyl groups excluding tert-OH is 1. The molecule has 23 unspecified atom stereocenters. The van der Waals surface area contributed by atoms with Gasteiger partial charge in [0.15, 0.2) is 44.0 Å². The highest BCUT2D eigenvalue weighted by atomic mass is 16.9. The van der Waals surface area contributed by atoms with E-state index >= 15 is 0 Å². The molecule has 0 aromatic heterocycles. The number of hydrogen-bond acceptors (Lipinski definition) is 16. The van der Waals surface area contributed by atoms with Crippen molar-refractivity contribution in [1.82, 2.24) is 0 Å². The molecule has 0 bridgehead atoms. The Balaban J connectivity index is 1.02. The zero-order chi connectivity index (χ0) is 37.3. The molecule has 8 heterocycles. The molecule has 1 N–H and O–H groups in total. The van der Waals surface area contributed by atoms with Gasteiger partial charge in [0, 0.05) is 30.1 Å². The Morgan fingerprint density at radius 1 is 0.528 bits per heavy atom. The SMILES string of the molecule is CC1OCC2OC(OC3C(OC45OC(C)OCC4OC(OC4C(C)OC6COC(C)OC6C4C)CC5C)OC4COC(C)OC4C3C)C(O)C(C)C2O1. The third-order valence-corrected chi connectivity index (χ3v) is 12.5. The van der Waals surface area contributed by atoms with Crippen LogP contribution in [0.25, 0.3) is 0 Å². The molecular weight excluding hydrogens is 700 g/mol. The van der Waals surface area contributed by atoms with E-state index in [1.54, 1.807) is 0 Å². The Morgan fingerprint density at radius 3 is 1.68 bits per heavy atom. The van der Waals surface area contributed by atoms with Gasteiger partial charge in [-0.1, -0.05) is 27.7 Å². The van der Waals surface area contributed by atoms with E-state index in [2.05, 4.69) is 13.8 Å². The van der Waals surface area contributed by atoms with Gasteiger partial charge in [-0.05, 0) is 34.6 Å². The molecule has 0 aliphatic carbocycles. The van der Waals surface area contributed by atoms with Crippen molar-refractivity contribution >= 4 is 0 Å². The van der Waals surface area contributed by atoms with E-state index in [4.69, 9.17) is 71.1 Å². The minimum atomic E-state index is -1.30. The summed E-state index contributed by atoms with van der Waals surface area (Å²) < 4.78 is 94.8. The van der Waals surface area contributed by atoms with Crippen molar-refractivity contribution in [2.24, 2.45) is 23.7 Å². The molecule has 8 aliphatic heterocycles. The van der Waals surface area contributed by atoms with E-state index in [-0.39, 0.29) is 79.5 Å². The van der Waals surface area contributed by atoms with Crippen LogP contribution >= 0.6 is 0 Å². The topological polar surface area (TPSA) is 159 Å². The second-order valence-corrected chi connectivity index (χ2v) is 16.3. The summed E-state index contributed by atoms with van der Waals surface area (Å²) in [6, 6.07) is 0. The van der Waals surface area contributed by atoms with Crippen LogP contribution in [0.3, 0.4) is 0 Å². The smallest absolute Gasteiger partial charge is 0.205 e. The monoisotopic (exact) mass is 760 g/mol. The summed E-state index contributed by atoms with van der Waals surface area (Å²) in [6.07, 6.45) is -8.60. The van der Waals surface area contributed by atoms with Gasteiger partial charge in [-0.2, -0.15) is 0 Å². The lowest BCUT2D eigenvalue weighted by atomic mass is 9.85. The molecule has 0 aromatic carbocycles. The fourth-order valence-corrected chi connectivity index (χ4v) is 9.52. The van der Waals surface area contributed by atoms with Gasteiger partial charge in [-0.3, -0.25) is 0 Å². The highest BCUT2D eigenvalue weighted by Gasteiger charge is 2.61. The highest BCUT2D eigenvalue weighted by molar-refractivity contribution is 4.99. The Bertz CT molecular complexity index is 1250. The zero-order valence-electron chi connectivity index (χ0n) is 32.3. The fraction of sp³-hybridized carbons (Fsp3) is 1.00. The first-order valence-corrected chi connectivity index (χ1v) is 19.7. The first-order valence-electron chi connectivity index (χ1n) is 19.7. The molecule has 8 aliphatic rings. The summed E-state index contributed by atoms with van der Waals surface area (Å²) in [6.45, 7) is 18.9. The largest absolute Gasteiger partial charge is 0.387 e. The number of fused-ring (bicyclic) bond motifs is 4. The van der Waals surface area contributed by atoms with Crippen LogP contribution in [0.15, 0.2) is 0 Å². The van der Waals surface area contributed by atoms with E-state index in [9.17, 15) is 5.11 Å². The van der Waals surface area contributed by atoms with Gasteiger partial charge in [0.05, 0.1) is 56.9 Å². The summed E-state index contributed by atoms with van der Waals surface area (Å²) >= 11 is 0. The molecule has 8 saturated heterocycles. The van der Waals surface area contributed by atoms with Gasteiger partial charge in [0.25, 0.3) is 0 Å². The third-order valence-electron chi connectivity index (χ3n) is 12.5. The van der Waals surface area contributed by atoms with E-state index in [1.165, 1.54) is 0 Å². The summed E-state index contributed by atoms with van der Waals surface area (Å²) in [4.78, 5) is 0. The van der Waals surface area contributed by atoms with Crippen LogP contribution in [0.2, 0.25) is 0 Å². The average Bonchev–Trinajstić information content (AvgIpc) is 3.12. The van der Waals surface area contributed by atoms with Gasteiger partial charge in [0.1, 0.15) is 36.6 Å². The van der Waals surface area contributed by atoms with Crippen LogP contribution in [0.1, 0.15) is 68.7 Å². The first-order chi connectivity index (χ1) is 25.3. The van der Waals surface area contributed by atoms with Crippen molar-refractivity contribution in [3.63, 3.8) is 0 Å². The van der Waals surface area contributed by atoms with E-state index in [1.807, 2.05) is 48.5 Å². The van der Waals surface area contributed by atoms with Crippen LogP contribution in [-0.2, 0) is 71.1 Å². The number of rotatable bonds is 6. The van der Waals surface area contributed by atoms with Crippen LogP contribution in [0.5, 0.6) is 0 Å². The van der Waals surface area contributed by atoms with Gasteiger partial charge >= 0.3 is 0 Å². The van der Waals surface area contributed by atoms with Gasteiger partial charge in [-0.25, -0.2) is 0 Å². The van der Waals surface area contributed by atoms with Gasteiger partial charge in [-0.15, -0.1) is 0 Å².